The van der Waals surface area contributed by atoms with Crippen LogP contribution in [0.25, 0.3) is 100 Å². The molecule has 0 aliphatic heterocycles. The Morgan fingerprint density at radius 2 is 0.696 bits per heavy atom. The van der Waals surface area contributed by atoms with Crippen molar-refractivity contribution < 1.29 is 0 Å². The SMILES string of the molecule is c1ccc(-c2nc(-c3cccc(-n4c5ccccc5c5ccccc54)c3)nc(-c3ccc(-n4c5ccccc5c5ccccc54)c(-c4ccccc4)c3)n2)cc1. The van der Waals surface area contributed by atoms with Crippen LogP contribution in [0.2, 0.25) is 0 Å². The van der Waals surface area contributed by atoms with Crippen molar-refractivity contribution in [1.29, 1.82) is 0 Å². The lowest BCUT2D eigenvalue weighted by molar-refractivity contribution is 1.07. The largest absolute Gasteiger partial charge is 0.309 e. The molecular weight excluding hydrogens is 683 g/mol. The van der Waals surface area contributed by atoms with Gasteiger partial charge in [-0.05, 0) is 60.2 Å². The molecule has 56 heavy (non-hydrogen) atoms. The van der Waals surface area contributed by atoms with E-state index in [1.807, 2.05) is 18.2 Å². The molecule has 3 aromatic heterocycles. The van der Waals surface area contributed by atoms with Crippen molar-refractivity contribution in [2.75, 3.05) is 0 Å². The van der Waals surface area contributed by atoms with Crippen LogP contribution < -0.4 is 0 Å². The summed E-state index contributed by atoms with van der Waals surface area (Å²) in [5, 5.41) is 4.90. The Morgan fingerprint density at radius 3 is 1.23 bits per heavy atom. The van der Waals surface area contributed by atoms with Crippen LogP contribution in [0.15, 0.2) is 200 Å². The third kappa shape index (κ3) is 5.21. The van der Waals surface area contributed by atoms with E-state index in [2.05, 4.69) is 191 Å². The average molecular weight is 716 g/mol. The van der Waals surface area contributed by atoms with E-state index in [-0.39, 0.29) is 0 Å². The average Bonchev–Trinajstić information content (AvgIpc) is 3.80. The van der Waals surface area contributed by atoms with Crippen molar-refractivity contribution in [3.05, 3.63) is 200 Å². The predicted octanol–water partition coefficient (Wildman–Crippen LogP) is 12.7. The number of hydrogen-bond acceptors (Lipinski definition) is 3. The van der Waals surface area contributed by atoms with Crippen LogP contribution in [0.4, 0.5) is 0 Å². The molecule has 5 nitrogen and oxygen atoms in total. The highest BCUT2D eigenvalue weighted by atomic mass is 15.0. The third-order valence-electron chi connectivity index (χ3n) is 10.8. The van der Waals surface area contributed by atoms with Gasteiger partial charge in [0.15, 0.2) is 17.5 Å². The summed E-state index contributed by atoms with van der Waals surface area (Å²) in [5.74, 6) is 1.85. The highest BCUT2D eigenvalue weighted by Gasteiger charge is 2.19. The van der Waals surface area contributed by atoms with Gasteiger partial charge in [-0.2, -0.15) is 0 Å². The number of fused-ring (bicyclic) bond motifs is 6. The minimum Gasteiger partial charge on any atom is -0.309 e. The van der Waals surface area contributed by atoms with Gasteiger partial charge in [0, 0.05) is 49.5 Å². The minimum atomic E-state index is 0.613. The van der Waals surface area contributed by atoms with E-state index in [0.717, 1.165) is 61.3 Å². The molecule has 0 bridgehead atoms. The molecular formula is C51H33N5. The summed E-state index contributed by atoms with van der Waals surface area (Å²) in [6.45, 7) is 0. The summed E-state index contributed by atoms with van der Waals surface area (Å²) in [4.78, 5) is 15.5. The van der Waals surface area contributed by atoms with Gasteiger partial charge in [-0.1, -0.05) is 146 Å². The van der Waals surface area contributed by atoms with E-state index in [9.17, 15) is 0 Å². The number of nitrogens with zero attached hydrogens (tertiary/aromatic N) is 5. The van der Waals surface area contributed by atoms with Gasteiger partial charge in [0.2, 0.25) is 0 Å². The molecule has 0 aliphatic rings. The van der Waals surface area contributed by atoms with Crippen LogP contribution in [-0.4, -0.2) is 24.1 Å². The van der Waals surface area contributed by atoms with Gasteiger partial charge >= 0.3 is 0 Å². The maximum Gasteiger partial charge on any atom is 0.164 e. The van der Waals surface area contributed by atoms with E-state index in [4.69, 9.17) is 15.0 Å². The Balaban J connectivity index is 1.12. The van der Waals surface area contributed by atoms with Crippen molar-refractivity contribution in [1.82, 2.24) is 24.1 Å². The molecule has 0 fully saturated rings. The first kappa shape index (κ1) is 31.9. The smallest absolute Gasteiger partial charge is 0.164 e. The van der Waals surface area contributed by atoms with Crippen LogP contribution in [0.1, 0.15) is 0 Å². The van der Waals surface area contributed by atoms with Crippen molar-refractivity contribution in [3.8, 4) is 56.7 Å². The third-order valence-corrected chi connectivity index (χ3v) is 10.8. The molecule has 262 valence electrons. The zero-order valence-electron chi connectivity index (χ0n) is 30.3. The first-order valence-electron chi connectivity index (χ1n) is 18.9. The molecule has 11 rings (SSSR count). The highest BCUT2D eigenvalue weighted by molar-refractivity contribution is 6.10. The van der Waals surface area contributed by atoms with E-state index >= 15 is 0 Å². The second-order valence-corrected chi connectivity index (χ2v) is 14.1. The van der Waals surface area contributed by atoms with Gasteiger partial charge in [-0.25, -0.2) is 15.0 Å². The number of hydrogen-bond donors (Lipinski definition) is 0. The van der Waals surface area contributed by atoms with Gasteiger partial charge in [0.05, 0.1) is 27.8 Å². The highest BCUT2D eigenvalue weighted by Crippen LogP contribution is 2.39. The van der Waals surface area contributed by atoms with Crippen molar-refractivity contribution >= 4 is 43.6 Å². The molecule has 0 saturated carbocycles. The van der Waals surface area contributed by atoms with Crippen molar-refractivity contribution in [3.63, 3.8) is 0 Å². The second kappa shape index (κ2) is 13.0. The molecule has 0 N–H and O–H groups in total. The Bertz CT molecular complexity index is 3140. The van der Waals surface area contributed by atoms with Crippen LogP contribution >= 0.6 is 0 Å². The summed E-state index contributed by atoms with van der Waals surface area (Å²) in [5.41, 5.74) is 11.7. The van der Waals surface area contributed by atoms with Crippen molar-refractivity contribution in [2.45, 2.75) is 0 Å². The Labute approximate surface area is 323 Å². The van der Waals surface area contributed by atoms with Gasteiger partial charge < -0.3 is 9.13 Å². The van der Waals surface area contributed by atoms with Crippen LogP contribution in [0.3, 0.4) is 0 Å². The summed E-state index contributed by atoms with van der Waals surface area (Å²) in [7, 11) is 0. The Hall–Kier alpha value is -7.63. The number of aromatic nitrogens is 5. The quantitative estimate of drug-likeness (QED) is 0.172. The molecule has 0 spiro atoms. The van der Waals surface area contributed by atoms with Gasteiger partial charge in [-0.3, -0.25) is 0 Å². The fraction of sp³-hybridized carbons (Fsp3) is 0. The maximum atomic E-state index is 5.24. The standard InChI is InChI=1S/C51H33N5/c1-3-16-34(17-4-1)43-33-37(30-31-48(43)56-46-28-13-9-24-41(46)42-25-10-14-29-47(42)56)51-53-49(35-18-5-2-6-19-35)52-50(54-51)36-20-15-21-38(32-36)55-44-26-11-7-22-39(44)40-23-8-12-27-45(40)55/h1-33H. The predicted molar refractivity (Wildman–Crippen MR) is 230 cm³/mol. The molecule has 8 aromatic carbocycles. The Kier molecular flexibility index (Phi) is 7.42. The molecule has 0 aliphatic carbocycles. The van der Waals surface area contributed by atoms with Gasteiger partial charge in [0.1, 0.15) is 0 Å². The van der Waals surface area contributed by atoms with Gasteiger partial charge in [-0.15, -0.1) is 0 Å². The van der Waals surface area contributed by atoms with Crippen LogP contribution in [0, 0.1) is 0 Å². The molecule has 0 saturated heterocycles. The lowest BCUT2D eigenvalue weighted by Gasteiger charge is -2.16. The van der Waals surface area contributed by atoms with E-state index in [1.54, 1.807) is 0 Å². The summed E-state index contributed by atoms with van der Waals surface area (Å²) in [6, 6.07) is 70.3. The van der Waals surface area contributed by atoms with Crippen LogP contribution in [-0.2, 0) is 0 Å². The first-order valence-corrected chi connectivity index (χ1v) is 18.9. The summed E-state index contributed by atoms with van der Waals surface area (Å²) < 4.78 is 4.71. The molecule has 0 amide bonds. The second-order valence-electron chi connectivity index (χ2n) is 14.1. The molecule has 0 unspecified atom stereocenters. The monoisotopic (exact) mass is 715 g/mol. The molecule has 0 radical (unpaired) electrons. The maximum absolute atomic E-state index is 5.24. The normalized spacial score (nSPS) is 11.6. The Morgan fingerprint density at radius 1 is 0.286 bits per heavy atom. The lowest BCUT2D eigenvalue weighted by Crippen LogP contribution is -2.02. The minimum absolute atomic E-state index is 0.613. The molecule has 11 aromatic rings. The fourth-order valence-electron chi connectivity index (χ4n) is 8.24. The topological polar surface area (TPSA) is 48.5 Å². The lowest BCUT2D eigenvalue weighted by atomic mass is 10.00. The first-order chi connectivity index (χ1) is 27.8. The number of para-hydroxylation sites is 4. The van der Waals surface area contributed by atoms with E-state index in [0.29, 0.717) is 17.5 Å². The summed E-state index contributed by atoms with van der Waals surface area (Å²) in [6.07, 6.45) is 0. The molecule has 5 heteroatoms. The van der Waals surface area contributed by atoms with Crippen molar-refractivity contribution in [2.24, 2.45) is 0 Å². The number of rotatable bonds is 6. The van der Waals surface area contributed by atoms with Crippen LogP contribution in [0.5, 0.6) is 0 Å². The molecule has 0 atom stereocenters. The zero-order valence-corrected chi connectivity index (χ0v) is 30.3. The zero-order chi connectivity index (χ0) is 37.0. The molecule has 3 heterocycles. The summed E-state index contributed by atoms with van der Waals surface area (Å²) >= 11 is 0. The fourth-order valence-corrected chi connectivity index (χ4v) is 8.24. The van der Waals surface area contributed by atoms with E-state index in [1.165, 1.54) is 21.5 Å². The van der Waals surface area contributed by atoms with E-state index < -0.39 is 0 Å². The number of benzene rings is 8. The van der Waals surface area contributed by atoms with Gasteiger partial charge in [0.25, 0.3) is 0 Å².